The molecule has 3 nitrogen and oxygen atoms in total. The lowest BCUT2D eigenvalue weighted by Gasteiger charge is -2.11. The van der Waals surface area contributed by atoms with Crippen LogP contribution in [0.15, 0.2) is 18.2 Å². The number of hydrogen-bond acceptors (Lipinski definition) is 2. The zero-order valence-corrected chi connectivity index (χ0v) is 11.2. The normalized spacial score (nSPS) is 10.1. The molecule has 17 heavy (non-hydrogen) atoms. The van der Waals surface area contributed by atoms with Gasteiger partial charge in [0.05, 0.1) is 0 Å². The molecule has 1 aromatic carbocycles. The first kappa shape index (κ1) is 13.6. The molecule has 0 spiro atoms. The number of aryl methyl sites for hydroxylation is 2. The van der Waals surface area contributed by atoms with Gasteiger partial charge in [0.2, 0.25) is 5.91 Å². The van der Waals surface area contributed by atoms with E-state index in [0.717, 1.165) is 18.7 Å². The summed E-state index contributed by atoms with van der Waals surface area (Å²) in [6.45, 7) is 5.02. The van der Waals surface area contributed by atoms with Gasteiger partial charge in [-0.25, -0.2) is 0 Å². The van der Waals surface area contributed by atoms with Crippen molar-refractivity contribution >= 4 is 11.6 Å². The van der Waals surface area contributed by atoms with Crippen LogP contribution in [0.1, 0.15) is 24.0 Å². The van der Waals surface area contributed by atoms with Gasteiger partial charge < -0.3 is 10.2 Å². The monoisotopic (exact) mass is 234 g/mol. The van der Waals surface area contributed by atoms with Crippen LogP contribution in [-0.4, -0.2) is 31.4 Å². The highest BCUT2D eigenvalue weighted by molar-refractivity contribution is 5.75. The zero-order valence-electron chi connectivity index (χ0n) is 11.2. The fourth-order valence-electron chi connectivity index (χ4n) is 1.77. The van der Waals surface area contributed by atoms with E-state index in [1.807, 2.05) is 0 Å². The maximum atomic E-state index is 11.4. The van der Waals surface area contributed by atoms with Crippen LogP contribution >= 0.6 is 0 Å². The molecule has 0 heterocycles. The second-order valence-electron chi connectivity index (χ2n) is 4.69. The van der Waals surface area contributed by atoms with E-state index in [-0.39, 0.29) is 5.91 Å². The lowest BCUT2D eigenvalue weighted by molar-refractivity contribution is -0.128. The highest BCUT2D eigenvalue weighted by Crippen LogP contribution is 2.13. The van der Waals surface area contributed by atoms with E-state index in [1.165, 1.54) is 11.1 Å². The molecule has 1 amide bonds. The Morgan fingerprint density at radius 2 is 1.76 bits per heavy atom. The van der Waals surface area contributed by atoms with Crippen molar-refractivity contribution in [2.24, 2.45) is 0 Å². The first-order chi connectivity index (χ1) is 7.99. The fraction of sp³-hybridized carbons (Fsp3) is 0.500. The predicted octanol–water partition coefficient (Wildman–Crippen LogP) is 2.58. The molecule has 94 valence electrons. The zero-order chi connectivity index (χ0) is 12.8. The average Bonchev–Trinajstić information content (AvgIpc) is 2.22. The van der Waals surface area contributed by atoms with Crippen LogP contribution < -0.4 is 5.32 Å². The van der Waals surface area contributed by atoms with Gasteiger partial charge in [-0.15, -0.1) is 0 Å². The van der Waals surface area contributed by atoms with Crippen LogP contribution in [0.4, 0.5) is 5.69 Å². The third-order valence-electron chi connectivity index (χ3n) is 2.62. The van der Waals surface area contributed by atoms with Gasteiger partial charge in [0.25, 0.3) is 0 Å². The van der Waals surface area contributed by atoms with Crippen molar-refractivity contribution in [2.75, 3.05) is 26.0 Å². The van der Waals surface area contributed by atoms with Gasteiger partial charge in [-0.2, -0.15) is 0 Å². The van der Waals surface area contributed by atoms with E-state index >= 15 is 0 Å². The number of benzene rings is 1. The average molecular weight is 234 g/mol. The largest absolute Gasteiger partial charge is 0.385 e. The number of rotatable bonds is 5. The molecule has 3 heteroatoms. The van der Waals surface area contributed by atoms with E-state index in [4.69, 9.17) is 0 Å². The number of carbonyl (C=O) groups is 1. The number of carbonyl (C=O) groups excluding carboxylic acids is 1. The third kappa shape index (κ3) is 4.89. The summed E-state index contributed by atoms with van der Waals surface area (Å²) in [5.41, 5.74) is 3.66. The minimum Gasteiger partial charge on any atom is -0.385 e. The van der Waals surface area contributed by atoms with E-state index < -0.39 is 0 Å². The maximum absolute atomic E-state index is 11.4. The Hall–Kier alpha value is -1.51. The van der Waals surface area contributed by atoms with Crippen LogP contribution in [0, 0.1) is 13.8 Å². The van der Waals surface area contributed by atoms with Gasteiger partial charge in [0.1, 0.15) is 0 Å². The van der Waals surface area contributed by atoms with Gasteiger partial charge in [-0.1, -0.05) is 6.07 Å². The van der Waals surface area contributed by atoms with E-state index in [1.54, 1.807) is 19.0 Å². The number of amides is 1. The molecule has 0 unspecified atom stereocenters. The van der Waals surface area contributed by atoms with Crippen molar-refractivity contribution in [3.63, 3.8) is 0 Å². The highest BCUT2D eigenvalue weighted by Gasteiger charge is 2.02. The molecule has 1 rings (SSSR count). The lowest BCUT2D eigenvalue weighted by Crippen LogP contribution is -2.22. The Morgan fingerprint density at radius 1 is 1.18 bits per heavy atom. The van der Waals surface area contributed by atoms with Crippen LogP contribution in [0.5, 0.6) is 0 Å². The van der Waals surface area contributed by atoms with Crippen molar-refractivity contribution in [1.82, 2.24) is 4.90 Å². The molecule has 0 radical (unpaired) electrons. The first-order valence-corrected chi connectivity index (χ1v) is 6.01. The van der Waals surface area contributed by atoms with Gasteiger partial charge >= 0.3 is 0 Å². The molecule has 0 saturated carbocycles. The van der Waals surface area contributed by atoms with Gasteiger partial charge in [-0.3, -0.25) is 4.79 Å². The number of nitrogens with one attached hydrogen (secondary N) is 1. The van der Waals surface area contributed by atoms with Crippen LogP contribution in [0.25, 0.3) is 0 Å². The number of hydrogen-bond donors (Lipinski definition) is 1. The quantitative estimate of drug-likeness (QED) is 0.794. The van der Waals surface area contributed by atoms with Crippen LogP contribution in [0.2, 0.25) is 0 Å². The van der Waals surface area contributed by atoms with Gasteiger partial charge in [-0.05, 0) is 43.5 Å². The van der Waals surface area contributed by atoms with Crippen molar-refractivity contribution in [1.29, 1.82) is 0 Å². The fourth-order valence-corrected chi connectivity index (χ4v) is 1.77. The van der Waals surface area contributed by atoms with Crippen molar-refractivity contribution < 1.29 is 4.79 Å². The summed E-state index contributed by atoms with van der Waals surface area (Å²) in [4.78, 5) is 13.0. The molecule has 0 aliphatic carbocycles. The van der Waals surface area contributed by atoms with Crippen molar-refractivity contribution in [3.8, 4) is 0 Å². The topological polar surface area (TPSA) is 32.3 Å². The minimum atomic E-state index is 0.187. The molecule has 0 aromatic heterocycles. The maximum Gasteiger partial charge on any atom is 0.222 e. The molecule has 0 bridgehead atoms. The molecular formula is C14H22N2O. The molecule has 0 fully saturated rings. The summed E-state index contributed by atoms with van der Waals surface area (Å²) in [5.74, 6) is 0.187. The third-order valence-corrected chi connectivity index (χ3v) is 2.62. The summed E-state index contributed by atoms with van der Waals surface area (Å²) >= 11 is 0. The van der Waals surface area contributed by atoms with E-state index in [9.17, 15) is 4.79 Å². The standard InChI is InChI=1S/C14H22N2O/c1-11-8-12(2)10-13(9-11)15-7-5-6-14(17)16(3)4/h8-10,15H,5-7H2,1-4H3. The summed E-state index contributed by atoms with van der Waals surface area (Å²) in [7, 11) is 3.58. The van der Waals surface area contributed by atoms with Crippen molar-refractivity contribution in [2.45, 2.75) is 26.7 Å². The number of anilines is 1. The van der Waals surface area contributed by atoms with Crippen LogP contribution in [0.3, 0.4) is 0 Å². The Balaban J connectivity index is 2.33. The summed E-state index contributed by atoms with van der Waals surface area (Å²) < 4.78 is 0. The SMILES string of the molecule is Cc1cc(C)cc(NCCCC(=O)N(C)C)c1. The predicted molar refractivity (Wildman–Crippen MR) is 72.3 cm³/mol. The number of nitrogens with zero attached hydrogens (tertiary/aromatic N) is 1. The summed E-state index contributed by atoms with van der Waals surface area (Å²) in [5, 5.41) is 3.35. The Morgan fingerprint density at radius 3 is 2.29 bits per heavy atom. The van der Waals surface area contributed by atoms with E-state index in [2.05, 4.69) is 37.4 Å². The summed E-state index contributed by atoms with van der Waals surface area (Å²) in [6.07, 6.45) is 1.47. The molecule has 0 aliphatic rings. The molecule has 0 aliphatic heterocycles. The van der Waals surface area contributed by atoms with Gasteiger partial charge in [0.15, 0.2) is 0 Å². The second kappa shape index (κ2) is 6.28. The van der Waals surface area contributed by atoms with E-state index in [0.29, 0.717) is 6.42 Å². The molecule has 0 atom stereocenters. The lowest BCUT2D eigenvalue weighted by atomic mass is 10.1. The minimum absolute atomic E-state index is 0.187. The highest BCUT2D eigenvalue weighted by atomic mass is 16.2. The summed E-state index contributed by atoms with van der Waals surface area (Å²) in [6, 6.07) is 6.41. The Labute approximate surface area is 104 Å². The van der Waals surface area contributed by atoms with Gasteiger partial charge in [0, 0.05) is 32.7 Å². The molecule has 1 aromatic rings. The van der Waals surface area contributed by atoms with Crippen LogP contribution in [-0.2, 0) is 4.79 Å². The Kier molecular flexibility index (Phi) is 5.01. The molecule has 0 saturated heterocycles. The molecule has 1 N–H and O–H groups in total. The van der Waals surface area contributed by atoms with Crippen molar-refractivity contribution in [3.05, 3.63) is 29.3 Å². The smallest absolute Gasteiger partial charge is 0.222 e. The second-order valence-corrected chi connectivity index (χ2v) is 4.69. The Bertz CT molecular complexity index is 366. The first-order valence-electron chi connectivity index (χ1n) is 6.01. The molecular weight excluding hydrogens is 212 g/mol.